The number of hydrogen-bond acceptors (Lipinski definition) is 3. The lowest BCUT2D eigenvalue weighted by atomic mass is 9.98. The number of carboxylic acid groups (broad SMARTS) is 1. The number of carbonyl (C=O) groups is 1. The number of piperidine rings is 1. The summed E-state index contributed by atoms with van der Waals surface area (Å²) < 4.78 is 0. The van der Waals surface area contributed by atoms with E-state index >= 15 is 0 Å². The highest BCUT2D eigenvalue weighted by Crippen LogP contribution is 2.15. The van der Waals surface area contributed by atoms with Crippen molar-refractivity contribution in [3.63, 3.8) is 0 Å². The average molecular weight is 186 g/mol. The predicted octanol–water partition coefficient (Wildman–Crippen LogP) is 0.273. The second-order valence-electron chi connectivity index (χ2n) is 3.73. The van der Waals surface area contributed by atoms with Gasteiger partial charge in [-0.15, -0.1) is 0 Å². The zero-order valence-corrected chi connectivity index (χ0v) is 8.07. The van der Waals surface area contributed by atoms with Crippen LogP contribution >= 0.6 is 0 Å². The number of aliphatic carboxylic acids is 1. The lowest BCUT2D eigenvalue weighted by Gasteiger charge is -2.37. The highest BCUT2D eigenvalue weighted by molar-refractivity contribution is 5.66. The molecule has 0 aromatic rings. The Balaban J connectivity index is 2.35. The number of nitrogens with zero attached hydrogens (tertiary/aromatic N) is 1. The molecule has 0 spiro atoms. The van der Waals surface area contributed by atoms with Crippen LogP contribution in [0, 0.1) is 0 Å². The van der Waals surface area contributed by atoms with E-state index in [1.165, 1.54) is 0 Å². The van der Waals surface area contributed by atoms with E-state index < -0.39 is 5.97 Å². The molecule has 0 saturated carbocycles. The third-order valence-corrected chi connectivity index (χ3v) is 2.79. The van der Waals surface area contributed by atoms with E-state index in [9.17, 15) is 4.79 Å². The summed E-state index contributed by atoms with van der Waals surface area (Å²) in [7, 11) is 0. The first kappa shape index (κ1) is 10.5. The van der Waals surface area contributed by atoms with Gasteiger partial charge in [0.15, 0.2) is 0 Å². The van der Waals surface area contributed by atoms with Gasteiger partial charge < -0.3 is 10.8 Å². The van der Waals surface area contributed by atoms with E-state index in [1.807, 2.05) is 0 Å². The first-order chi connectivity index (χ1) is 6.11. The van der Waals surface area contributed by atoms with Crippen LogP contribution < -0.4 is 5.73 Å². The third-order valence-electron chi connectivity index (χ3n) is 2.79. The summed E-state index contributed by atoms with van der Waals surface area (Å²) in [5, 5.41) is 8.54. The van der Waals surface area contributed by atoms with Gasteiger partial charge in [-0.25, -0.2) is 0 Å². The zero-order valence-electron chi connectivity index (χ0n) is 8.07. The molecule has 76 valence electrons. The van der Waals surface area contributed by atoms with Crippen molar-refractivity contribution in [2.24, 2.45) is 5.73 Å². The number of hydrogen-bond donors (Lipinski definition) is 2. The SMILES string of the molecule is CC1C(N)CCCN1CCC(=O)O. The molecule has 0 aromatic heterocycles. The van der Waals surface area contributed by atoms with Gasteiger partial charge in [0.25, 0.3) is 0 Å². The Kier molecular flexibility index (Phi) is 3.69. The van der Waals surface area contributed by atoms with Crippen molar-refractivity contribution < 1.29 is 9.90 Å². The summed E-state index contributed by atoms with van der Waals surface area (Å²) >= 11 is 0. The number of likely N-dealkylation sites (tertiary alicyclic amines) is 1. The van der Waals surface area contributed by atoms with Crippen molar-refractivity contribution in [1.29, 1.82) is 0 Å². The second kappa shape index (κ2) is 4.58. The molecule has 0 aromatic carbocycles. The molecule has 0 bridgehead atoms. The first-order valence-corrected chi connectivity index (χ1v) is 4.82. The van der Waals surface area contributed by atoms with Crippen LogP contribution in [0.2, 0.25) is 0 Å². The Morgan fingerprint density at radius 2 is 2.38 bits per heavy atom. The molecule has 1 aliphatic heterocycles. The molecule has 2 atom stereocenters. The molecule has 1 saturated heterocycles. The van der Waals surface area contributed by atoms with Crippen molar-refractivity contribution >= 4 is 5.97 Å². The van der Waals surface area contributed by atoms with Gasteiger partial charge >= 0.3 is 5.97 Å². The molecule has 1 fully saturated rings. The Bertz CT molecular complexity index is 184. The van der Waals surface area contributed by atoms with Crippen molar-refractivity contribution in [3.8, 4) is 0 Å². The van der Waals surface area contributed by atoms with Gasteiger partial charge in [0, 0.05) is 18.6 Å². The van der Waals surface area contributed by atoms with Crippen molar-refractivity contribution in [1.82, 2.24) is 4.90 Å². The molecular weight excluding hydrogens is 168 g/mol. The first-order valence-electron chi connectivity index (χ1n) is 4.82. The van der Waals surface area contributed by atoms with E-state index in [0.717, 1.165) is 19.4 Å². The minimum Gasteiger partial charge on any atom is -0.481 e. The van der Waals surface area contributed by atoms with Crippen LogP contribution in [0.3, 0.4) is 0 Å². The van der Waals surface area contributed by atoms with E-state index in [0.29, 0.717) is 12.6 Å². The molecule has 1 heterocycles. The van der Waals surface area contributed by atoms with Gasteiger partial charge in [0.1, 0.15) is 0 Å². The monoisotopic (exact) mass is 186 g/mol. The standard InChI is InChI=1S/C9H18N2O2/c1-7-8(10)3-2-5-11(7)6-4-9(12)13/h7-8H,2-6,10H2,1H3,(H,12,13). The highest BCUT2D eigenvalue weighted by Gasteiger charge is 2.24. The molecule has 3 N–H and O–H groups in total. The molecular formula is C9H18N2O2. The normalized spacial score (nSPS) is 30.3. The van der Waals surface area contributed by atoms with Crippen molar-refractivity contribution in [2.75, 3.05) is 13.1 Å². The molecule has 2 unspecified atom stereocenters. The van der Waals surface area contributed by atoms with Gasteiger partial charge in [-0.2, -0.15) is 0 Å². The largest absolute Gasteiger partial charge is 0.481 e. The van der Waals surface area contributed by atoms with E-state index in [4.69, 9.17) is 10.8 Å². The quantitative estimate of drug-likeness (QED) is 0.664. The van der Waals surface area contributed by atoms with Gasteiger partial charge in [0.05, 0.1) is 6.42 Å². The predicted molar refractivity (Wildman–Crippen MR) is 50.5 cm³/mol. The number of rotatable bonds is 3. The lowest BCUT2D eigenvalue weighted by Crippen LogP contribution is -2.50. The lowest BCUT2D eigenvalue weighted by molar-refractivity contribution is -0.137. The van der Waals surface area contributed by atoms with Crippen LogP contribution in [-0.4, -0.2) is 41.1 Å². The van der Waals surface area contributed by atoms with Crippen LogP contribution in [0.15, 0.2) is 0 Å². The van der Waals surface area contributed by atoms with Crippen LogP contribution in [0.5, 0.6) is 0 Å². The molecule has 0 aliphatic carbocycles. The number of nitrogens with two attached hydrogens (primary N) is 1. The van der Waals surface area contributed by atoms with Crippen molar-refractivity contribution in [2.45, 2.75) is 38.3 Å². The molecule has 0 amide bonds. The fourth-order valence-corrected chi connectivity index (χ4v) is 1.80. The molecule has 0 radical (unpaired) electrons. The van der Waals surface area contributed by atoms with E-state index in [2.05, 4.69) is 11.8 Å². The van der Waals surface area contributed by atoms with Gasteiger partial charge in [-0.3, -0.25) is 9.69 Å². The Morgan fingerprint density at radius 3 is 3.00 bits per heavy atom. The Labute approximate surface area is 78.7 Å². The maximum absolute atomic E-state index is 10.4. The van der Waals surface area contributed by atoms with Crippen LogP contribution in [0.4, 0.5) is 0 Å². The molecule has 4 nitrogen and oxygen atoms in total. The second-order valence-corrected chi connectivity index (χ2v) is 3.73. The van der Waals surface area contributed by atoms with Crippen LogP contribution in [0.25, 0.3) is 0 Å². The highest BCUT2D eigenvalue weighted by atomic mass is 16.4. The zero-order chi connectivity index (χ0) is 9.84. The van der Waals surface area contributed by atoms with Gasteiger partial charge in [-0.1, -0.05) is 0 Å². The third kappa shape index (κ3) is 2.97. The fraction of sp³-hybridized carbons (Fsp3) is 0.889. The smallest absolute Gasteiger partial charge is 0.304 e. The Hall–Kier alpha value is -0.610. The van der Waals surface area contributed by atoms with Gasteiger partial charge in [0.2, 0.25) is 0 Å². The van der Waals surface area contributed by atoms with Crippen LogP contribution in [-0.2, 0) is 4.79 Å². The molecule has 1 rings (SSSR count). The molecule has 1 aliphatic rings. The maximum Gasteiger partial charge on any atom is 0.304 e. The Morgan fingerprint density at radius 1 is 1.69 bits per heavy atom. The van der Waals surface area contributed by atoms with Crippen molar-refractivity contribution in [3.05, 3.63) is 0 Å². The number of carboxylic acids is 1. The fourth-order valence-electron chi connectivity index (χ4n) is 1.80. The maximum atomic E-state index is 10.4. The minimum atomic E-state index is -0.730. The van der Waals surface area contributed by atoms with Crippen LogP contribution in [0.1, 0.15) is 26.2 Å². The van der Waals surface area contributed by atoms with E-state index in [1.54, 1.807) is 0 Å². The summed E-state index contributed by atoms with van der Waals surface area (Å²) in [6.07, 6.45) is 2.37. The minimum absolute atomic E-state index is 0.211. The summed E-state index contributed by atoms with van der Waals surface area (Å²) in [5.41, 5.74) is 5.89. The topological polar surface area (TPSA) is 66.6 Å². The molecule has 13 heavy (non-hydrogen) atoms. The van der Waals surface area contributed by atoms with Gasteiger partial charge in [-0.05, 0) is 26.3 Å². The summed E-state index contributed by atoms with van der Waals surface area (Å²) in [5.74, 6) is -0.730. The average Bonchev–Trinajstić information content (AvgIpc) is 2.07. The summed E-state index contributed by atoms with van der Waals surface area (Å²) in [6.45, 7) is 3.69. The molecule has 4 heteroatoms. The van der Waals surface area contributed by atoms with E-state index in [-0.39, 0.29) is 12.5 Å². The summed E-state index contributed by atoms with van der Waals surface area (Å²) in [4.78, 5) is 12.5. The summed E-state index contributed by atoms with van der Waals surface area (Å²) in [6, 6.07) is 0.538.